The fourth-order valence-corrected chi connectivity index (χ4v) is 4.38. The Balaban J connectivity index is 0.00000242. The third-order valence-corrected chi connectivity index (χ3v) is 5.85. The van der Waals surface area contributed by atoms with Crippen molar-refractivity contribution in [1.82, 2.24) is 4.72 Å². The van der Waals surface area contributed by atoms with Crippen LogP contribution >= 0.6 is 12.4 Å². The maximum Gasteiger partial charge on any atom is 0.240 e. The molecule has 0 spiro atoms. The monoisotopic (exact) mass is 346 g/mol. The Morgan fingerprint density at radius 2 is 1.91 bits per heavy atom. The van der Waals surface area contributed by atoms with E-state index in [1.165, 1.54) is 12.8 Å². The molecule has 0 bridgehead atoms. The minimum absolute atomic E-state index is 0. The second-order valence-electron chi connectivity index (χ2n) is 6.24. The van der Waals surface area contributed by atoms with Crippen molar-refractivity contribution < 1.29 is 8.42 Å². The Hall–Kier alpha value is -0.620. The van der Waals surface area contributed by atoms with Crippen molar-refractivity contribution in [1.29, 1.82) is 0 Å². The van der Waals surface area contributed by atoms with Gasteiger partial charge < -0.3 is 5.73 Å². The van der Waals surface area contributed by atoms with Crippen molar-refractivity contribution in [3.05, 3.63) is 29.8 Å². The van der Waals surface area contributed by atoms with Gasteiger partial charge in [-0.15, -0.1) is 12.4 Å². The van der Waals surface area contributed by atoms with E-state index in [9.17, 15) is 8.42 Å². The van der Waals surface area contributed by atoms with Gasteiger partial charge in [0, 0.05) is 12.6 Å². The van der Waals surface area contributed by atoms with Gasteiger partial charge in [0.1, 0.15) is 0 Å². The molecule has 0 radical (unpaired) electrons. The lowest BCUT2D eigenvalue weighted by molar-refractivity contribution is 0.405. The van der Waals surface area contributed by atoms with E-state index >= 15 is 0 Å². The Bertz CT molecular complexity index is 569. The van der Waals surface area contributed by atoms with Crippen LogP contribution in [0.15, 0.2) is 29.2 Å². The second-order valence-corrected chi connectivity index (χ2v) is 7.95. The predicted molar refractivity (Wildman–Crippen MR) is 92.9 cm³/mol. The zero-order chi connectivity index (χ0) is 15.5. The first-order valence-corrected chi connectivity index (χ1v) is 9.24. The molecule has 4 nitrogen and oxygen atoms in total. The van der Waals surface area contributed by atoms with Gasteiger partial charge in [-0.2, -0.15) is 0 Å². The summed E-state index contributed by atoms with van der Waals surface area (Å²) >= 11 is 0. The number of benzene rings is 1. The van der Waals surface area contributed by atoms with E-state index in [-0.39, 0.29) is 18.4 Å². The van der Waals surface area contributed by atoms with Gasteiger partial charge in [0.25, 0.3) is 0 Å². The van der Waals surface area contributed by atoms with Crippen molar-refractivity contribution in [2.45, 2.75) is 56.4 Å². The van der Waals surface area contributed by atoms with Gasteiger partial charge in [0.05, 0.1) is 4.90 Å². The highest BCUT2D eigenvalue weighted by Crippen LogP contribution is 2.28. The first-order valence-electron chi connectivity index (χ1n) is 7.76. The summed E-state index contributed by atoms with van der Waals surface area (Å²) in [6.07, 6.45) is 4.48. The first-order chi connectivity index (χ1) is 9.94. The molecule has 0 aromatic heterocycles. The molecule has 22 heavy (non-hydrogen) atoms. The van der Waals surface area contributed by atoms with Crippen LogP contribution in [-0.4, -0.2) is 21.0 Å². The number of halogens is 1. The molecule has 1 aliphatic rings. The summed E-state index contributed by atoms with van der Waals surface area (Å²) in [5.74, 6) is 0.679. The minimum Gasteiger partial charge on any atom is -0.329 e. The molecular weight excluding hydrogens is 320 g/mol. The van der Waals surface area contributed by atoms with Crippen molar-refractivity contribution >= 4 is 22.4 Å². The van der Waals surface area contributed by atoms with Crippen LogP contribution in [-0.2, 0) is 10.0 Å². The highest BCUT2D eigenvalue weighted by Gasteiger charge is 2.28. The number of hydrogen-bond donors (Lipinski definition) is 2. The zero-order valence-corrected chi connectivity index (χ0v) is 14.9. The zero-order valence-electron chi connectivity index (χ0n) is 13.3. The lowest BCUT2D eigenvalue weighted by Gasteiger charge is -2.23. The Morgan fingerprint density at radius 1 is 1.27 bits per heavy atom. The third kappa shape index (κ3) is 4.69. The maximum atomic E-state index is 12.6. The molecule has 0 aliphatic heterocycles. The van der Waals surface area contributed by atoms with E-state index in [0.29, 0.717) is 23.3 Å². The molecular formula is C16H27ClN2O2S. The summed E-state index contributed by atoms with van der Waals surface area (Å²) in [5.41, 5.74) is 6.82. The molecule has 2 rings (SSSR count). The minimum atomic E-state index is -3.50. The molecule has 1 aromatic carbocycles. The topological polar surface area (TPSA) is 72.2 Å². The average Bonchev–Trinajstić information content (AvgIpc) is 2.99. The summed E-state index contributed by atoms with van der Waals surface area (Å²) in [4.78, 5) is 0.338. The van der Waals surface area contributed by atoms with Gasteiger partial charge in [-0.1, -0.05) is 38.8 Å². The van der Waals surface area contributed by atoms with Crippen molar-refractivity contribution in [3.8, 4) is 0 Å². The number of hydrogen-bond acceptors (Lipinski definition) is 3. The lowest BCUT2D eigenvalue weighted by atomic mass is 9.99. The molecule has 1 aromatic rings. The molecule has 1 atom stereocenters. The first kappa shape index (κ1) is 19.4. The van der Waals surface area contributed by atoms with Gasteiger partial charge in [-0.3, -0.25) is 0 Å². The van der Waals surface area contributed by atoms with Crippen LogP contribution in [0, 0.1) is 5.92 Å². The summed E-state index contributed by atoms with van der Waals surface area (Å²) < 4.78 is 27.9. The summed E-state index contributed by atoms with van der Waals surface area (Å²) in [6, 6.07) is 7.02. The van der Waals surface area contributed by atoms with Crippen LogP contribution in [0.1, 0.15) is 51.0 Å². The summed E-state index contributed by atoms with van der Waals surface area (Å²) in [7, 11) is -3.50. The van der Waals surface area contributed by atoms with E-state index in [1.807, 2.05) is 6.07 Å². The van der Waals surface area contributed by atoms with Gasteiger partial charge in [0.2, 0.25) is 10.0 Å². The smallest absolute Gasteiger partial charge is 0.240 e. The normalized spacial score (nSPS) is 17.5. The molecule has 0 saturated heterocycles. The SMILES string of the molecule is CC(C)c1cccc(S(=O)(=O)NC(CN)C2CCCC2)c1.Cl. The van der Waals surface area contributed by atoms with Gasteiger partial charge in [0.15, 0.2) is 0 Å². The van der Waals surface area contributed by atoms with E-state index in [2.05, 4.69) is 18.6 Å². The molecule has 1 unspecified atom stereocenters. The van der Waals surface area contributed by atoms with Crippen molar-refractivity contribution in [2.24, 2.45) is 11.7 Å². The maximum absolute atomic E-state index is 12.6. The summed E-state index contributed by atoms with van der Waals surface area (Å²) in [5, 5.41) is 0. The van der Waals surface area contributed by atoms with Crippen LogP contribution in [0.4, 0.5) is 0 Å². The van der Waals surface area contributed by atoms with Crippen molar-refractivity contribution in [2.75, 3.05) is 6.54 Å². The largest absolute Gasteiger partial charge is 0.329 e. The number of rotatable bonds is 6. The van der Waals surface area contributed by atoms with Crippen LogP contribution in [0.2, 0.25) is 0 Å². The standard InChI is InChI=1S/C16H26N2O2S.ClH/c1-12(2)14-8-5-9-15(10-14)21(19,20)18-16(11-17)13-6-3-4-7-13;/h5,8-10,12-13,16,18H,3-4,6-7,11,17H2,1-2H3;1H. The average molecular weight is 347 g/mol. The van der Waals surface area contributed by atoms with E-state index < -0.39 is 10.0 Å². The lowest BCUT2D eigenvalue weighted by Crippen LogP contribution is -2.44. The molecule has 3 N–H and O–H groups in total. The van der Waals surface area contributed by atoms with Gasteiger partial charge in [-0.05, 0) is 42.4 Å². The summed E-state index contributed by atoms with van der Waals surface area (Å²) in [6.45, 7) is 4.47. The van der Waals surface area contributed by atoms with Crippen molar-refractivity contribution in [3.63, 3.8) is 0 Å². The van der Waals surface area contributed by atoms with Crippen LogP contribution < -0.4 is 10.5 Å². The highest BCUT2D eigenvalue weighted by atomic mass is 35.5. The van der Waals surface area contributed by atoms with Crippen LogP contribution in [0.3, 0.4) is 0 Å². The molecule has 0 amide bonds. The predicted octanol–water partition coefficient (Wildman–Crippen LogP) is 3.03. The van der Waals surface area contributed by atoms with E-state index in [0.717, 1.165) is 18.4 Å². The Morgan fingerprint density at radius 3 is 2.45 bits per heavy atom. The third-order valence-electron chi connectivity index (χ3n) is 4.36. The fourth-order valence-electron chi connectivity index (χ4n) is 3.00. The fraction of sp³-hybridized carbons (Fsp3) is 0.625. The van der Waals surface area contributed by atoms with E-state index in [4.69, 9.17) is 5.73 Å². The van der Waals surface area contributed by atoms with Crippen LogP contribution in [0.25, 0.3) is 0 Å². The van der Waals surface area contributed by atoms with E-state index in [1.54, 1.807) is 18.2 Å². The van der Waals surface area contributed by atoms with Gasteiger partial charge >= 0.3 is 0 Å². The van der Waals surface area contributed by atoms with Crippen LogP contribution in [0.5, 0.6) is 0 Å². The molecule has 0 heterocycles. The molecule has 126 valence electrons. The quantitative estimate of drug-likeness (QED) is 0.831. The number of nitrogens with one attached hydrogen (secondary N) is 1. The molecule has 6 heteroatoms. The van der Waals surface area contributed by atoms with Gasteiger partial charge in [-0.25, -0.2) is 13.1 Å². The Labute approximate surface area is 140 Å². The number of nitrogens with two attached hydrogens (primary N) is 1. The molecule has 1 fully saturated rings. The second kappa shape index (κ2) is 8.29. The Kier molecular flexibility index (Phi) is 7.32. The molecule has 1 aliphatic carbocycles. The highest BCUT2D eigenvalue weighted by molar-refractivity contribution is 7.89. The molecule has 1 saturated carbocycles. The number of sulfonamides is 1.